The smallest absolute Gasteiger partial charge is 0.00182 e. The van der Waals surface area contributed by atoms with Gasteiger partial charge < -0.3 is 4.90 Å². The predicted octanol–water partition coefficient (Wildman–Crippen LogP) is 2.68. The summed E-state index contributed by atoms with van der Waals surface area (Å²) < 4.78 is 0. The van der Waals surface area contributed by atoms with E-state index in [1.165, 1.54) is 31.6 Å². The fraction of sp³-hybridized carbons (Fsp3) is 0.800. The summed E-state index contributed by atoms with van der Waals surface area (Å²) in [6, 6.07) is 0. The third-order valence-electron chi connectivity index (χ3n) is 2.21. The molecule has 0 fully saturated rings. The van der Waals surface area contributed by atoms with E-state index in [4.69, 9.17) is 0 Å². The third kappa shape index (κ3) is 5.02. The summed E-state index contributed by atoms with van der Waals surface area (Å²) in [7, 11) is 0. The molecule has 11 heavy (non-hydrogen) atoms. The van der Waals surface area contributed by atoms with Crippen LogP contribution in [-0.2, 0) is 0 Å². The van der Waals surface area contributed by atoms with Crippen molar-refractivity contribution in [3.05, 3.63) is 11.6 Å². The van der Waals surface area contributed by atoms with E-state index in [2.05, 4.69) is 38.7 Å². The molecule has 0 radical (unpaired) electrons. The zero-order valence-corrected chi connectivity index (χ0v) is 8.35. The first kappa shape index (κ1) is 10.7. The normalized spacial score (nSPS) is 12.6. The van der Waals surface area contributed by atoms with Crippen molar-refractivity contribution in [3.63, 3.8) is 0 Å². The first-order valence-corrected chi connectivity index (χ1v) is 4.58. The first-order valence-electron chi connectivity index (χ1n) is 4.58. The van der Waals surface area contributed by atoms with E-state index < -0.39 is 0 Å². The summed E-state index contributed by atoms with van der Waals surface area (Å²) >= 11 is 0. The minimum Gasteiger partial charge on any atom is -0.304 e. The maximum atomic E-state index is 2.45. The molecule has 0 aromatic rings. The van der Waals surface area contributed by atoms with Crippen LogP contribution in [0.1, 0.15) is 34.1 Å². The lowest BCUT2D eigenvalue weighted by molar-refractivity contribution is 0.307. The molecule has 0 bridgehead atoms. The maximum Gasteiger partial charge on any atom is 0.00182 e. The molecule has 0 aromatic heterocycles. The van der Waals surface area contributed by atoms with Crippen LogP contribution in [0.2, 0.25) is 0 Å². The van der Waals surface area contributed by atoms with Gasteiger partial charge in [-0.25, -0.2) is 0 Å². The Labute approximate surface area is 71.1 Å². The Kier molecular flexibility index (Phi) is 6.24. The molecule has 0 aromatic carbocycles. The molecule has 0 saturated carbocycles. The van der Waals surface area contributed by atoms with Gasteiger partial charge in [0, 0.05) is 6.54 Å². The SMILES string of the molecule is CC=C(C)CCN(CC)CC. The topological polar surface area (TPSA) is 3.24 Å². The Hall–Kier alpha value is -0.300. The Balaban J connectivity index is 3.50. The van der Waals surface area contributed by atoms with E-state index >= 15 is 0 Å². The van der Waals surface area contributed by atoms with Crippen molar-refractivity contribution in [1.29, 1.82) is 0 Å². The molecule has 0 spiro atoms. The molecule has 0 aliphatic rings. The Morgan fingerprint density at radius 3 is 2.18 bits per heavy atom. The average Bonchev–Trinajstić information content (AvgIpc) is 2.06. The number of nitrogens with zero attached hydrogens (tertiary/aromatic N) is 1. The highest BCUT2D eigenvalue weighted by atomic mass is 15.1. The monoisotopic (exact) mass is 155 g/mol. The highest BCUT2D eigenvalue weighted by Gasteiger charge is 1.97. The van der Waals surface area contributed by atoms with Crippen molar-refractivity contribution < 1.29 is 0 Å². The Morgan fingerprint density at radius 2 is 1.82 bits per heavy atom. The highest BCUT2D eigenvalue weighted by molar-refractivity contribution is 4.95. The van der Waals surface area contributed by atoms with Crippen LogP contribution in [0.5, 0.6) is 0 Å². The van der Waals surface area contributed by atoms with E-state index in [1.54, 1.807) is 0 Å². The molecule has 1 nitrogen and oxygen atoms in total. The maximum absolute atomic E-state index is 2.45. The number of rotatable bonds is 5. The molecule has 0 unspecified atom stereocenters. The van der Waals surface area contributed by atoms with E-state index in [0.717, 1.165) is 0 Å². The minimum atomic E-state index is 1.17. The van der Waals surface area contributed by atoms with Crippen molar-refractivity contribution in [2.24, 2.45) is 0 Å². The molecule has 1 heteroatoms. The highest BCUT2D eigenvalue weighted by Crippen LogP contribution is 2.00. The van der Waals surface area contributed by atoms with Crippen LogP contribution < -0.4 is 0 Å². The van der Waals surface area contributed by atoms with Gasteiger partial charge in [0.25, 0.3) is 0 Å². The zero-order valence-electron chi connectivity index (χ0n) is 8.35. The molecule has 0 aliphatic heterocycles. The zero-order chi connectivity index (χ0) is 8.69. The van der Waals surface area contributed by atoms with Crippen molar-refractivity contribution >= 4 is 0 Å². The predicted molar refractivity (Wildman–Crippen MR) is 51.8 cm³/mol. The van der Waals surface area contributed by atoms with Gasteiger partial charge in [-0.3, -0.25) is 0 Å². The van der Waals surface area contributed by atoms with Gasteiger partial charge in [0.2, 0.25) is 0 Å². The van der Waals surface area contributed by atoms with Crippen LogP contribution in [0.4, 0.5) is 0 Å². The Morgan fingerprint density at radius 1 is 1.27 bits per heavy atom. The van der Waals surface area contributed by atoms with Crippen molar-refractivity contribution in [2.45, 2.75) is 34.1 Å². The summed E-state index contributed by atoms with van der Waals surface area (Å²) in [6.45, 7) is 12.3. The summed E-state index contributed by atoms with van der Waals surface area (Å²) in [5.74, 6) is 0. The summed E-state index contributed by atoms with van der Waals surface area (Å²) in [4.78, 5) is 2.45. The van der Waals surface area contributed by atoms with E-state index in [1.807, 2.05) is 0 Å². The first-order chi connectivity index (χ1) is 5.24. The fourth-order valence-corrected chi connectivity index (χ4v) is 1.02. The number of allylic oxidation sites excluding steroid dienone is 1. The average molecular weight is 155 g/mol. The quantitative estimate of drug-likeness (QED) is 0.552. The molecule has 0 N–H and O–H groups in total. The van der Waals surface area contributed by atoms with Crippen LogP contribution in [0.15, 0.2) is 11.6 Å². The fourth-order valence-electron chi connectivity index (χ4n) is 1.02. The lowest BCUT2D eigenvalue weighted by Crippen LogP contribution is -2.24. The van der Waals surface area contributed by atoms with Crippen molar-refractivity contribution in [3.8, 4) is 0 Å². The Bertz CT molecular complexity index is 112. The molecule has 66 valence electrons. The second kappa shape index (κ2) is 6.41. The third-order valence-corrected chi connectivity index (χ3v) is 2.21. The van der Waals surface area contributed by atoms with E-state index in [0.29, 0.717) is 0 Å². The summed E-state index contributed by atoms with van der Waals surface area (Å²) in [5.41, 5.74) is 1.50. The number of hydrogen-bond acceptors (Lipinski definition) is 1. The molecule has 0 aliphatic carbocycles. The lowest BCUT2D eigenvalue weighted by atomic mass is 10.2. The van der Waals surface area contributed by atoms with Crippen LogP contribution in [0.25, 0.3) is 0 Å². The van der Waals surface area contributed by atoms with Crippen LogP contribution >= 0.6 is 0 Å². The lowest BCUT2D eigenvalue weighted by Gasteiger charge is -2.17. The second-order valence-corrected chi connectivity index (χ2v) is 2.91. The molecule has 0 amide bonds. The molecular formula is C10H21N. The summed E-state index contributed by atoms with van der Waals surface area (Å²) in [6.07, 6.45) is 3.42. The van der Waals surface area contributed by atoms with Crippen LogP contribution in [-0.4, -0.2) is 24.5 Å². The van der Waals surface area contributed by atoms with Gasteiger partial charge in [-0.1, -0.05) is 25.5 Å². The minimum absolute atomic E-state index is 1.17. The largest absolute Gasteiger partial charge is 0.304 e. The summed E-state index contributed by atoms with van der Waals surface area (Å²) in [5, 5.41) is 0. The van der Waals surface area contributed by atoms with Gasteiger partial charge in [-0.15, -0.1) is 0 Å². The van der Waals surface area contributed by atoms with Gasteiger partial charge >= 0.3 is 0 Å². The van der Waals surface area contributed by atoms with Gasteiger partial charge in [0.05, 0.1) is 0 Å². The van der Waals surface area contributed by atoms with Crippen molar-refractivity contribution in [1.82, 2.24) is 4.90 Å². The van der Waals surface area contributed by atoms with Crippen LogP contribution in [0, 0.1) is 0 Å². The second-order valence-electron chi connectivity index (χ2n) is 2.91. The molecule has 0 saturated heterocycles. The molecular weight excluding hydrogens is 134 g/mol. The molecule has 0 rings (SSSR count). The van der Waals surface area contributed by atoms with E-state index in [-0.39, 0.29) is 0 Å². The standard InChI is InChI=1S/C10H21N/c1-5-10(4)8-9-11(6-2)7-3/h5H,6-9H2,1-4H3. The molecule has 0 heterocycles. The van der Waals surface area contributed by atoms with Gasteiger partial charge in [0.1, 0.15) is 0 Å². The van der Waals surface area contributed by atoms with Crippen LogP contribution in [0.3, 0.4) is 0 Å². The number of hydrogen-bond donors (Lipinski definition) is 0. The van der Waals surface area contributed by atoms with Gasteiger partial charge in [-0.2, -0.15) is 0 Å². The molecule has 0 atom stereocenters. The van der Waals surface area contributed by atoms with Gasteiger partial charge in [0.15, 0.2) is 0 Å². The van der Waals surface area contributed by atoms with Gasteiger partial charge in [-0.05, 0) is 33.4 Å². The van der Waals surface area contributed by atoms with Crippen molar-refractivity contribution in [2.75, 3.05) is 19.6 Å². The van der Waals surface area contributed by atoms with E-state index in [9.17, 15) is 0 Å².